The van der Waals surface area contributed by atoms with Crippen LogP contribution in [0.4, 0.5) is 4.79 Å². The molecule has 0 radical (unpaired) electrons. The molecule has 1 aliphatic heterocycles. The predicted molar refractivity (Wildman–Crippen MR) is 64.1 cm³/mol. The zero-order chi connectivity index (χ0) is 13.3. The van der Waals surface area contributed by atoms with E-state index in [4.69, 9.17) is 9.84 Å². The fourth-order valence-corrected chi connectivity index (χ4v) is 1.94. The number of ether oxygens (including phenoxy) is 1. The molecule has 1 aliphatic rings. The molecule has 1 N–H and O–H groups in total. The first-order valence-electron chi connectivity index (χ1n) is 5.68. The average Bonchev–Trinajstić information content (AvgIpc) is 2.59. The summed E-state index contributed by atoms with van der Waals surface area (Å²) in [5.74, 6) is -1.12. The second kappa shape index (κ2) is 4.33. The Morgan fingerprint density at radius 1 is 1.50 bits per heavy atom. The van der Waals surface area contributed by atoms with Crippen molar-refractivity contribution in [1.29, 1.82) is 0 Å². The van der Waals surface area contributed by atoms with Crippen LogP contribution in [0.5, 0.6) is 0 Å². The Morgan fingerprint density at radius 3 is 2.72 bits per heavy atom. The first-order valence-corrected chi connectivity index (χ1v) is 5.68. The van der Waals surface area contributed by atoms with Crippen molar-refractivity contribution in [1.82, 2.24) is 4.90 Å². The molecule has 96 valence electrons. The number of cyclic esters (lactones) is 1. The highest BCUT2D eigenvalue weighted by molar-refractivity contribution is 5.84. The van der Waals surface area contributed by atoms with Gasteiger partial charge in [0.1, 0.15) is 0 Å². The second-order valence-corrected chi connectivity index (χ2v) is 4.69. The molecular weight excluding hydrogens is 234 g/mol. The van der Waals surface area contributed by atoms with Crippen LogP contribution in [0.3, 0.4) is 0 Å². The number of benzene rings is 1. The van der Waals surface area contributed by atoms with Gasteiger partial charge in [-0.3, -0.25) is 4.90 Å². The van der Waals surface area contributed by atoms with Gasteiger partial charge in [-0.15, -0.1) is 0 Å². The maximum Gasteiger partial charge on any atom is 0.411 e. The number of aryl methyl sites for hydroxylation is 1. The smallest absolute Gasteiger partial charge is 0.411 e. The number of aliphatic carboxylic acids is 1. The van der Waals surface area contributed by atoms with E-state index in [0.717, 1.165) is 11.1 Å². The largest absolute Gasteiger partial charge is 0.478 e. The van der Waals surface area contributed by atoms with Crippen LogP contribution >= 0.6 is 0 Å². The molecule has 0 aliphatic carbocycles. The highest BCUT2D eigenvalue weighted by Crippen LogP contribution is 2.25. The van der Waals surface area contributed by atoms with Crippen LogP contribution in [0.1, 0.15) is 18.1 Å². The summed E-state index contributed by atoms with van der Waals surface area (Å²) in [5, 5.41) is 9.02. The third kappa shape index (κ3) is 2.16. The molecule has 0 spiro atoms. The van der Waals surface area contributed by atoms with Crippen LogP contribution in [-0.2, 0) is 16.1 Å². The summed E-state index contributed by atoms with van der Waals surface area (Å²) in [4.78, 5) is 24.1. The zero-order valence-corrected chi connectivity index (χ0v) is 10.3. The van der Waals surface area contributed by atoms with Gasteiger partial charge in [-0.05, 0) is 25.0 Å². The summed E-state index contributed by atoms with van der Waals surface area (Å²) in [6.07, 6.45) is -0.580. The molecule has 2 rings (SSSR count). The van der Waals surface area contributed by atoms with E-state index in [1.165, 1.54) is 11.8 Å². The van der Waals surface area contributed by atoms with Gasteiger partial charge in [-0.25, -0.2) is 9.59 Å². The first kappa shape index (κ1) is 12.4. The third-order valence-corrected chi connectivity index (χ3v) is 3.14. The van der Waals surface area contributed by atoms with Crippen LogP contribution in [0.15, 0.2) is 24.3 Å². The Hall–Kier alpha value is -2.04. The molecule has 5 heteroatoms. The van der Waals surface area contributed by atoms with Crippen molar-refractivity contribution in [3.63, 3.8) is 0 Å². The Morgan fingerprint density at radius 2 is 2.17 bits per heavy atom. The van der Waals surface area contributed by atoms with Crippen molar-refractivity contribution in [2.45, 2.75) is 26.0 Å². The van der Waals surface area contributed by atoms with Crippen molar-refractivity contribution in [2.75, 3.05) is 6.54 Å². The minimum absolute atomic E-state index is 0.0650. The lowest BCUT2D eigenvalue weighted by Gasteiger charge is -2.17. The molecular formula is C13H15NO4. The van der Waals surface area contributed by atoms with Crippen LogP contribution in [-0.4, -0.2) is 34.2 Å². The molecule has 1 amide bonds. The van der Waals surface area contributed by atoms with Gasteiger partial charge in [-0.1, -0.05) is 24.3 Å². The SMILES string of the molecule is Cc1ccccc1CN1CC(C)(C(=O)O)OC1=O. The van der Waals surface area contributed by atoms with Gasteiger partial charge in [0.25, 0.3) is 0 Å². The average molecular weight is 249 g/mol. The molecule has 1 saturated heterocycles. The molecule has 1 aromatic carbocycles. The van der Waals surface area contributed by atoms with Crippen LogP contribution in [0, 0.1) is 6.92 Å². The number of hydrogen-bond donors (Lipinski definition) is 1. The van der Waals surface area contributed by atoms with Gasteiger partial charge >= 0.3 is 12.1 Å². The van der Waals surface area contributed by atoms with Crippen molar-refractivity contribution in [3.8, 4) is 0 Å². The number of amides is 1. The van der Waals surface area contributed by atoms with E-state index in [1.807, 2.05) is 31.2 Å². The molecule has 1 aromatic rings. The van der Waals surface area contributed by atoms with E-state index < -0.39 is 17.7 Å². The Labute approximate surface area is 105 Å². The summed E-state index contributed by atoms with van der Waals surface area (Å²) in [5.41, 5.74) is 0.609. The van der Waals surface area contributed by atoms with Crippen molar-refractivity contribution in [2.24, 2.45) is 0 Å². The zero-order valence-electron chi connectivity index (χ0n) is 10.3. The quantitative estimate of drug-likeness (QED) is 0.886. The van der Waals surface area contributed by atoms with Crippen molar-refractivity contribution >= 4 is 12.1 Å². The Balaban J connectivity index is 2.15. The molecule has 5 nitrogen and oxygen atoms in total. The second-order valence-electron chi connectivity index (χ2n) is 4.69. The first-order chi connectivity index (χ1) is 8.42. The summed E-state index contributed by atoms with van der Waals surface area (Å²) >= 11 is 0. The topological polar surface area (TPSA) is 66.8 Å². The molecule has 0 aromatic heterocycles. The molecule has 1 fully saturated rings. The monoisotopic (exact) mass is 249 g/mol. The highest BCUT2D eigenvalue weighted by atomic mass is 16.6. The van der Waals surface area contributed by atoms with Crippen molar-refractivity contribution in [3.05, 3.63) is 35.4 Å². The number of carboxylic acid groups (broad SMARTS) is 1. The summed E-state index contributed by atoms with van der Waals surface area (Å²) in [6, 6.07) is 7.68. The maximum absolute atomic E-state index is 11.7. The summed E-state index contributed by atoms with van der Waals surface area (Å²) in [7, 11) is 0. The molecule has 1 atom stereocenters. The van der Waals surface area contributed by atoms with Gasteiger partial charge < -0.3 is 9.84 Å². The lowest BCUT2D eigenvalue weighted by Crippen LogP contribution is -2.39. The van der Waals surface area contributed by atoms with Crippen LogP contribution in [0.25, 0.3) is 0 Å². The lowest BCUT2D eigenvalue weighted by molar-refractivity contribution is -0.153. The molecule has 0 bridgehead atoms. The van der Waals surface area contributed by atoms with Gasteiger partial charge in [-0.2, -0.15) is 0 Å². The number of rotatable bonds is 3. The molecule has 1 unspecified atom stereocenters. The van der Waals surface area contributed by atoms with Crippen LogP contribution in [0.2, 0.25) is 0 Å². The summed E-state index contributed by atoms with van der Waals surface area (Å²) in [6.45, 7) is 3.79. The number of carboxylic acids is 1. The van der Waals surface area contributed by atoms with Crippen molar-refractivity contribution < 1.29 is 19.4 Å². The maximum atomic E-state index is 11.7. The minimum Gasteiger partial charge on any atom is -0.478 e. The van der Waals surface area contributed by atoms with Gasteiger partial charge in [0, 0.05) is 6.54 Å². The molecule has 18 heavy (non-hydrogen) atoms. The number of carbonyl (C=O) groups excluding carboxylic acids is 1. The predicted octanol–water partition coefficient (Wildman–Crippen LogP) is 1.79. The minimum atomic E-state index is -1.44. The third-order valence-electron chi connectivity index (χ3n) is 3.14. The van der Waals surface area contributed by atoms with E-state index in [9.17, 15) is 9.59 Å². The van der Waals surface area contributed by atoms with E-state index in [-0.39, 0.29) is 6.54 Å². The fourth-order valence-electron chi connectivity index (χ4n) is 1.94. The van der Waals surface area contributed by atoms with E-state index in [0.29, 0.717) is 6.54 Å². The normalized spacial score (nSPS) is 23.0. The molecule has 1 heterocycles. The number of carbonyl (C=O) groups is 2. The van der Waals surface area contributed by atoms with Gasteiger partial charge in [0.05, 0.1) is 6.54 Å². The van der Waals surface area contributed by atoms with E-state index in [1.54, 1.807) is 0 Å². The Bertz CT molecular complexity index is 500. The number of hydrogen-bond acceptors (Lipinski definition) is 3. The number of nitrogens with zero attached hydrogens (tertiary/aromatic N) is 1. The fraction of sp³-hybridized carbons (Fsp3) is 0.385. The standard InChI is InChI=1S/C13H15NO4/c1-9-5-3-4-6-10(9)7-14-8-13(2,11(15)16)18-12(14)17/h3-6H,7-8H2,1-2H3,(H,15,16). The summed E-state index contributed by atoms with van der Waals surface area (Å²) < 4.78 is 4.92. The lowest BCUT2D eigenvalue weighted by atomic mass is 10.1. The van der Waals surface area contributed by atoms with Crippen LogP contribution < -0.4 is 0 Å². The highest BCUT2D eigenvalue weighted by Gasteiger charge is 2.47. The van der Waals surface area contributed by atoms with Gasteiger partial charge in [0.15, 0.2) is 0 Å². The molecule has 0 saturated carbocycles. The van der Waals surface area contributed by atoms with E-state index >= 15 is 0 Å². The Kier molecular flexibility index (Phi) is 2.98. The van der Waals surface area contributed by atoms with Gasteiger partial charge in [0.2, 0.25) is 5.60 Å². The van der Waals surface area contributed by atoms with E-state index in [2.05, 4.69) is 0 Å².